The Morgan fingerprint density at radius 1 is 1.24 bits per heavy atom. The number of anilines is 1. The van der Waals surface area contributed by atoms with Crippen molar-refractivity contribution in [1.29, 1.82) is 0 Å². The second-order valence-electron chi connectivity index (χ2n) is 11.7. The van der Waals surface area contributed by atoms with Crippen molar-refractivity contribution in [3.8, 4) is 5.75 Å². The molecule has 0 radical (unpaired) electrons. The maximum atomic E-state index is 15.9. The lowest BCUT2D eigenvalue weighted by molar-refractivity contribution is -0.149. The summed E-state index contributed by atoms with van der Waals surface area (Å²) in [6.07, 6.45) is 0.0389. The zero-order valence-corrected chi connectivity index (χ0v) is 27.2. The van der Waals surface area contributed by atoms with E-state index in [1.165, 1.54) is 17.8 Å². The number of hydrogen-bond donors (Lipinski definition) is 3. The zero-order valence-electron chi connectivity index (χ0n) is 25.6. The van der Waals surface area contributed by atoms with Crippen LogP contribution in [0.15, 0.2) is 36.7 Å². The van der Waals surface area contributed by atoms with Gasteiger partial charge < -0.3 is 24.4 Å². The van der Waals surface area contributed by atoms with Gasteiger partial charge in [0.25, 0.3) is 0 Å². The Balaban J connectivity index is 1.39. The standard InChI is InChI=1S/C29H39ClFN6O7P/c1-17(2)42-28(39)18(3)36-45(40,44-21-12-6-5-7-13-21)41-15-29(14-30)24(38)22(31)27(43-29)37-16-32-23-25(33-19(4)34-26(23)37)35-20-10-8-9-11-20/h5-7,12-13,16-18,20,22,24,27,38H,8-11,14-15H2,1-4H3,(H,36,40)(H,33,34,35)/t18-,22+,24-,27+,29+,45-/m0/s1. The van der Waals surface area contributed by atoms with Gasteiger partial charge in [-0.05, 0) is 52.7 Å². The molecule has 16 heteroatoms. The van der Waals surface area contributed by atoms with Gasteiger partial charge in [0.05, 0.1) is 24.9 Å². The maximum Gasteiger partial charge on any atom is 0.459 e. The number of aliphatic hydroxyl groups excluding tert-OH is 1. The van der Waals surface area contributed by atoms with Crippen molar-refractivity contribution in [1.82, 2.24) is 24.6 Å². The van der Waals surface area contributed by atoms with E-state index in [9.17, 15) is 14.5 Å². The van der Waals surface area contributed by atoms with Crippen LogP contribution in [0.4, 0.5) is 10.2 Å². The van der Waals surface area contributed by atoms with Crippen molar-refractivity contribution in [2.75, 3.05) is 17.8 Å². The van der Waals surface area contributed by atoms with Crippen molar-refractivity contribution in [3.63, 3.8) is 0 Å². The molecule has 246 valence electrons. The Labute approximate surface area is 265 Å². The molecule has 0 amide bonds. The summed E-state index contributed by atoms with van der Waals surface area (Å²) in [6, 6.07) is 7.29. The average molecular weight is 669 g/mol. The van der Waals surface area contributed by atoms with E-state index in [0.717, 1.165) is 25.7 Å². The molecule has 0 bridgehead atoms. The zero-order chi connectivity index (χ0) is 32.4. The number of aryl methyl sites for hydroxylation is 1. The molecule has 3 heterocycles. The minimum Gasteiger partial charge on any atom is -0.462 e. The van der Waals surface area contributed by atoms with Gasteiger partial charge in [0, 0.05) is 6.04 Å². The Kier molecular flexibility index (Phi) is 10.3. The third kappa shape index (κ3) is 7.42. The molecule has 1 aromatic carbocycles. The fourth-order valence-electron chi connectivity index (χ4n) is 5.40. The van der Waals surface area contributed by atoms with Gasteiger partial charge in [-0.2, -0.15) is 5.09 Å². The molecule has 45 heavy (non-hydrogen) atoms. The second kappa shape index (κ2) is 13.9. The number of fused-ring (bicyclic) bond motifs is 1. The summed E-state index contributed by atoms with van der Waals surface area (Å²) in [5.41, 5.74) is -1.12. The molecular formula is C29H39ClFN6O7P. The quantitative estimate of drug-likeness (QED) is 0.130. The number of hydrogen-bond acceptors (Lipinski definition) is 11. The van der Waals surface area contributed by atoms with Crippen LogP contribution in [0.3, 0.4) is 0 Å². The number of aliphatic hydroxyl groups is 1. The van der Waals surface area contributed by atoms with Crippen LogP contribution in [-0.2, 0) is 23.4 Å². The summed E-state index contributed by atoms with van der Waals surface area (Å²) in [4.78, 5) is 26.0. The number of nitrogens with one attached hydrogen (secondary N) is 2. The third-order valence-electron chi connectivity index (χ3n) is 7.70. The van der Waals surface area contributed by atoms with Gasteiger partial charge in [-0.3, -0.25) is 13.9 Å². The molecule has 2 aliphatic rings. The molecule has 1 saturated carbocycles. The third-order valence-corrected chi connectivity index (χ3v) is 9.78. The van der Waals surface area contributed by atoms with Gasteiger partial charge >= 0.3 is 13.7 Å². The largest absolute Gasteiger partial charge is 0.462 e. The van der Waals surface area contributed by atoms with Gasteiger partial charge in [0.2, 0.25) is 0 Å². The van der Waals surface area contributed by atoms with E-state index in [1.54, 1.807) is 51.1 Å². The van der Waals surface area contributed by atoms with Crippen LogP contribution in [0.5, 0.6) is 5.75 Å². The number of ether oxygens (including phenoxy) is 2. The topological polar surface area (TPSA) is 159 Å². The van der Waals surface area contributed by atoms with E-state index in [0.29, 0.717) is 22.8 Å². The van der Waals surface area contributed by atoms with Crippen LogP contribution in [0, 0.1) is 6.92 Å². The molecular weight excluding hydrogens is 630 g/mol. The predicted molar refractivity (Wildman–Crippen MR) is 165 cm³/mol. The van der Waals surface area contributed by atoms with Crippen LogP contribution < -0.4 is 14.9 Å². The fraction of sp³-hybridized carbons (Fsp3) is 0.586. The van der Waals surface area contributed by atoms with E-state index in [2.05, 4.69) is 25.4 Å². The Morgan fingerprint density at radius 2 is 1.96 bits per heavy atom. The van der Waals surface area contributed by atoms with Crippen molar-refractivity contribution < 1.29 is 37.4 Å². The number of rotatable bonds is 13. The molecule has 13 nitrogen and oxygen atoms in total. The number of nitrogens with zero attached hydrogens (tertiary/aromatic N) is 4. The molecule has 0 unspecified atom stereocenters. The van der Waals surface area contributed by atoms with Crippen LogP contribution in [0.1, 0.15) is 58.5 Å². The number of halogens is 2. The lowest BCUT2D eigenvalue weighted by Gasteiger charge is -2.31. The van der Waals surface area contributed by atoms with Crippen LogP contribution >= 0.6 is 19.3 Å². The summed E-state index contributed by atoms with van der Waals surface area (Å²) >= 11 is 6.30. The summed E-state index contributed by atoms with van der Waals surface area (Å²) in [5.74, 6) is 0.0368. The molecule has 3 aromatic rings. The summed E-state index contributed by atoms with van der Waals surface area (Å²) in [7, 11) is -4.37. The van der Waals surface area contributed by atoms with Crippen molar-refractivity contribution in [2.24, 2.45) is 0 Å². The van der Waals surface area contributed by atoms with Gasteiger partial charge in [-0.25, -0.2) is 23.9 Å². The summed E-state index contributed by atoms with van der Waals surface area (Å²) < 4.78 is 54.0. The van der Waals surface area contributed by atoms with E-state index < -0.39 is 62.5 Å². The van der Waals surface area contributed by atoms with Crippen LogP contribution in [0.25, 0.3) is 11.2 Å². The van der Waals surface area contributed by atoms with Gasteiger partial charge in [-0.15, -0.1) is 11.6 Å². The highest BCUT2D eigenvalue weighted by Crippen LogP contribution is 2.49. The number of para-hydroxylation sites is 1. The highest BCUT2D eigenvalue weighted by atomic mass is 35.5. The molecule has 3 N–H and O–H groups in total. The van der Waals surface area contributed by atoms with Crippen LogP contribution in [0.2, 0.25) is 0 Å². The lowest BCUT2D eigenvalue weighted by atomic mass is 9.99. The van der Waals surface area contributed by atoms with E-state index >= 15 is 4.39 Å². The number of esters is 1. The van der Waals surface area contributed by atoms with Gasteiger partial charge in [0.1, 0.15) is 29.3 Å². The number of aromatic nitrogens is 4. The molecule has 1 saturated heterocycles. The normalized spacial score (nSPS) is 25.8. The van der Waals surface area contributed by atoms with Crippen LogP contribution in [-0.4, -0.2) is 79.1 Å². The molecule has 0 spiro atoms. The maximum absolute atomic E-state index is 15.9. The number of carbonyl (C=O) groups excluding carboxylic acids is 1. The first kappa shape index (κ1) is 33.5. The molecule has 5 rings (SSSR count). The Bertz CT molecular complexity index is 1530. The second-order valence-corrected chi connectivity index (χ2v) is 13.6. The molecule has 2 fully saturated rings. The lowest BCUT2D eigenvalue weighted by Crippen LogP contribution is -2.48. The first-order valence-corrected chi connectivity index (χ1v) is 17.0. The van der Waals surface area contributed by atoms with Gasteiger partial charge in [0.15, 0.2) is 29.4 Å². The van der Waals surface area contributed by atoms with Gasteiger partial charge in [-0.1, -0.05) is 31.0 Å². The summed E-state index contributed by atoms with van der Waals surface area (Å²) in [5, 5.41) is 17.1. The Hall–Kier alpha value is -2.87. The SMILES string of the molecule is Cc1nc(NC2CCCC2)c2ncn([C@@H]3O[C@](CCl)(CO[P@@](=O)(N[C@@H](C)C(=O)OC(C)C)Oc4ccccc4)[C@@H](O)[C@H]3F)c2n1. The van der Waals surface area contributed by atoms with Crippen molar-refractivity contribution >= 4 is 42.3 Å². The van der Waals surface area contributed by atoms with E-state index in [4.69, 9.17) is 30.1 Å². The predicted octanol–water partition coefficient (Wildman–Crippen LogP) is 4.83. The molecule has 1 aliphatic heterocycles. The Morgan fingerprint density at radius 3 is 2.62 bits per heavy atom. The molecule has 1 aliphatic carbocycles. The molecule has 2 aromatic heterocycles. The fourth-order valence-corrected chi connectivity index (χ4v) is 7.25. The minimum atomic E-state index is -4.37. The highest BCUT2D eigenvalue weighted by Gasteiger charge is 2.57. The van der Waals surface area contributed by atoms with Crippen molar-refractivity contribution in [2.45, 2.75) is 95.7 Å². The highest BCUT2D eigenvalue weighted by molar-refractivity contribution is 7.52. The smallest absolute Gasteiger partial charge is 0.459 e. The number of alkyl halides is 2. The monoisotopic (exact) mass is 668 g/mol. The first-order valence-electron chi connectivity index (χ1n) is 14.9. The minimum absolute atomic E-state index is 0.175. The van der Waals surface area contributed by atoms with E-state index in [1.807, 2.05) is 0 Å². The van der Waals surface area contributed by atoms with Crippen molar-refractivity contribution in [3.05, 3.63) is 42.5 Å². The number of benzene rings is 1. The number of imidazole rings is 1. The molecule has 6 atom stereocenters. The number of carbonyl (C=O) groups is 1. The first-order chi connectivity index (χ1) is 21.4. The average Bonchev–Trinajstić information content (AvgIpc) is 3.72. The van der Waals surface area contributed by atoms with E-state index in [-0.39, 0.29) is 11.8 Å². The summed E-state index contributed by atoms with van der Waals surface area (Å²) in [6.45, 7) is 5.85.